The summed E-state index contributed by atoms with van der Waals surface area (Å²) in [7, 11) is 3.04. The Kier molecular flexibility index (Phi) is 22.1. The number of nitrogens with zero attached hydrogens (tertiary/aromatic N) is 4. The molecule has 14 atom stereocenters. The van der Waals surface area contributed by atoms with Crippen molar-refractivity contribution >= 4 is 58.4 Å². The summed E-state index contributed by atoms with van der Waals surface area (Å²) in [4.78, 5) is 90.7. The zero-order chi connectivity index (χ0) is 65.0. The Morgan fingerprint density at radius 3 is 1.50 bits per heavy atom. The number of aromatic nitrogens is 2. The van der Waals surface area contributed by atoms with Gasteiger partial charge in [-0.3, -0.25) is 9.59 Å². The van der Waals surface area contributed by atoms with Crippen LogP contribution >= 0.6 is 0 Å². The molecule has 4 aliphatic heterocycles. The molecule has 2 aromatic heterocycles. The fourth-order valence-corrected chi connectivity index (χ4v) is 14.7. The number of rotatable bonds is 4. The van der Waals surface area contributed by atoms with Crippen LogP contribution in [-0.2, 0) is 77.6 Å². The van der Waals surface area contributed by atoms with E-state index in [0.29, 0.717) is 77.2 Å². The average molecular weight is 1360 g/mol. The van der Waals surface area contributed by atoms with Gasteiger partial charge < -0.3 is 58.4 Å². The van der Waals surface area contributed by atoms with E-state index in [1.165, 1.54) is 36.2 Å². The quantitative estimate of drug-likeness (QED) is 0.144. The van der Waals surface area contributed by atoms with Crippen LogP contribution in [0.4, 0.5) is 27.2 Å². The van der Waals surface area contributed by atoms with E-state index in [4.69, 9.17) is 28.4 Å². The topological polar surface area (TPSA) is 214 Å². The van der Waals surface area contributed by atoms with Crippen LogP contribution in [0.25, 0.3) is 21.8 Å². The summed E-state index contributed by atoms with van der Waals surface area (Å²) in [5, 5.41) is 6.73. The molecule has 0 spiro atoms. The molecule has 3 aliphatic carbocycles. The summed E-state index contributed by atoms with van der Waals surface area (Å²) in [6, 6.07) is 9.03. The summed E-state index contributed by atoms with van der Waals surface area (Å²) < 4.78 is 99.4. The monoisotopic (exact) mass is 1360 g/mol. The largest absolute Gasteiger partial charge is 0.540 e. The molecule has 6 heterocycles. The molecule has 18 nitrogen and oxygen atoms in total. The second-order valence-corrected chi connectivity index (χ2v) is 28.5. The van der Waals surface area contributed by atoms with Gasteiger partial charge in [0.1, 0.15) is 59.0 Å². The summed E-state index contributed by atoms with van der Waals surface area (Å²) in [6.07, 6.45) is 6.73. The molecular weight excluding hydrogens is 1270 g/mol. The van der Waals surface area contributed by atoms with Gasteiger partial charge in [-0.2, -0.15) is 17.6 Å². The SMILES string of the molecule is COc1ccc2nc3c(cc2c1)O[C@H]1CN(C(=O)[C@H](C(C)(C)C)NC(=O)O[C@@H]2CC4CC4[C@H]2CCCCC3(F)F)[C@H]([C-]=O)[C@@H]1C.COc1ccc2nc3c(cc2c1)O[C@H]1CN(C(=O)[C@H](C(C)(C)C)NC(=O)O[C@]2(C)CCC[C@H]2CCCCC3(F)F)[C@H]([C-]=O)[C@@H]1C.[V].[V]. The Bertz CT molecular complexity index is 3260. The molecule has 2 radical (unpaired) electrons. The fourth-order valence-electron chi connectivity index (χ4n) is 14.7. The van der Waals surface area contributed by atoms with Gasteiger partial charge in [-0.1, -0.05) is 80.3 Å². The van der Waals surface area contributed by atoms with Gasteiger partial charge >= 0.3 is 12.2 Å². The maximum Gasteiger partial charge on any atom is 0.408 e. The van der Waals surface area contributed by atoms with Gasteiger partial charge in [0.2, 0.25) is 11.8 Å². The standard InChI is InChI=1S/C34H42F2N3O6.C34H44F2N3O6.2V/c1-18-25(17-40)39-16-28(18)44-27-15-20-12-21(43-5)9-10-24(20)37-29(27)34(35,36)11-7-6-8-22-23-13-19(23)14-26(22)45-32(42)38-30(31(39)41)33(2,3)4;1-20-25(19-40)39-18-27(20)44-26-17-21-16-23(43-6)12-13-24(21)37-28(26)34(35,36)15-8-7-10-22-11-9-14-33(22,5)45-31(42)38-29(30(39)41)32(2,3)4;;/h9-10,12,15,18-19,22-23,25-26,28,30H,6-8,11,13-14,16H2,1-5H3,(H,38,42);12-13,16-17,20,22,25,27,29H,7-11,14-15,18H2,1-6H3,(H,38,42);;/q2*-1;;/t18-,19?,22+,23?,25+,26+,28-,30+;20-,22+,25+,27-,29+,33+;;/m00../s1. The van der Waals surface area contributed by atoms with Crippen molar-refractivity contribution in [2.45, 2.75) is 206 Å². The molecule has 4 bridgehead atoms. The number of methoxy groups -OCH3 is 2. The number of ether oxygens (including phenoxy) is 6. The molecule has 24 heteroatoms. The van der Waals surface area contributed by atoms with Crippen LogP contribution < -0.4 is 29.6 Å². The number of alkyl carbamates (subject to hydrolysis) is 2. The number of hydrogen-bond acceptors (Lipinski definition) is 14. The fraction of sp³-hybridized carbons (Fsp3) is 0.647. The molecule has 3 saturated carbocycles. The van der Waals surface area contributed by atoms with Crippen LogP contribution in [0.2, 0.25) is 0 Å². The Morgan fingerprint density at radius 2 is 1.04 bits per heavy atom. The predicted octanol–water partition coefficient (Wildman–Crippen LogP) is 12.1. The Hall–Kier alpha value is -5.83. The van der Waals surface area contributed by atoms with Crippen LogP contribution in [0.5, 0.6) is 23.0 Å². The maximum absolute atomic E-state index is 16.1. The van der Waals surface area contributed by atoms with E-state index in [-0.39, 0.29) is 92.5 Å². The van der Waals surface area contributed by atoms with Crippen molar-refractivity contribution in [2.75, 3.05) is 27.3 Å². The molecule has 2 saturated heterocycles. The van der Waals surface area contributed by atoms with Crippen molar-refractivity contribution in [3.63, 3.8) is 0 Å². The molecule has 2 unspecified atom stereocenters. The van der Waals surface area contributed by atoms with E-state index in [0.717, 1.165) is 25.7 Å². The second-order valence-electron chi connectivity index (χ2n) is 28.5. The van der Waals surface area contributed by atoms with Crippen LogP contribution in [0.1, 0.15) is 157 Å². The third kappa shape index (κ3) is 15.1. The number of fused-ring (bicyclic) bond motifs is 12. The number of hydrogen-bond donors (Lipinski definition) is 2. The van der Waals surface area contributed by atoms with Crippen molar-refractivity contribution < 1.29 is 112 Å². The molecule has 2 aromatic carbocycles. The molecule has 7 aliphatic rings. The number of carbonyl (C=O) groups excluding carboxylic acids is 6. The maximum atomic E-state index is 16.1. The van der Waals surface area contributed by atoms with Crippen LogP contribution in [0, 0.1) is 46.3 Å². The first kappa shape index (κ1) is 72.0. The van der Waals surface area contributed by atoms with Gasteiger partial charge in [0.25, 0.3) is 11.8 Å². The molecule has 92 heavy (non-hydrogen) atoms. The molecule has 5 fully saturated rings. The minimum Gasteiger partial charge on any atom is -0.540 e. The van der Waals surface area contributed by atoms with Crippen molar-refractivity contribution in [1.82, 2.24) is 30.4 Å². The number of pyridine rings is 2. The second kappa shape index (κ2) is 28.2. The summed E-state index contributed by atoms with van der Waals surface area (Å²) in [5.41, 5.74) is -2.42. The summed E-state index contributed by atoms with van der Waals surface area (Å²) in [6.45, 7) is 16.1. The van der Waals surface area contributed by atoms with E-state index in [2.05, 4.69) is 20.6 Å². The first-order chi connectivity index (χ1) is 42.5. The van der Waals surface area contributed by atoms with E-state index >= 15 is 17.6 Å². The van der Waals surface area contributed by atoms with Gasteiger partial charge in [-0.05, 0) is 160 Å². The molecule has 4 aromatic rings. The minimum atomic E-state index is -3.31. The van der Waals surface area contributed by atoms with Crippen molar-refractivity contribution in [3.05, 3.63) is 59.9 Å². The normalized spacial score (nSPS) is 31.6. The molecule has 2 N–H and O–H groups in total. The third-order valence-corrected chi connectivity index (χ3v) is 20.2. The number of alkyl halides is 4. The summed E-state index contributed by atoms with van der Waals surface area (Å²) >= 11 is 0. The number of carbonyl (C=O) groups is 4. The van der Waals surface area contributed by atoms with Gasteiger partial charge in [0.05, 0.1) is 38.3 Å². The van der Waals surface area contributed by atoms with Gasteiger partial charge in [0, 0.05) is 60.7 Å². The number of amides is 4. The van der Waals surface area contributed by atoms with Crippen LogP contribution in [0.15, 0.2) is 48.5 Å². The van der Waals surface area contributed by atoms with Crippen LogP contribution in [0.3, 0.4) is 0 Å². The smallest absolute Gasteiger partial charge is 0.408 e. The van der Waals surface area contributed by atoms with Crippen molar-refractivity contribution in [2.24, 2.45) is 46.3 Å². The Labute approximate surface area is 559 Å². The first-order valence-electron chi connectivity index (χ1n) is 31.9. The van der Waals surface area contributed by atoms with E-state index in [1.54, 1.807) is 50.2 Å². The number of benzene rings is 2. The van der Waals surface area contributed by atoms with E-state index in [1.807, 2.05) is 61.0 Å². The average Bonchev–Trinajstić information content (AvgIpc) is 1.75. The van der Waals surface area contributed by atoms with Gasteiger partial charge in [0.15, 0.2) is 11.4 Å². The van der Waals surface area contributed by atoms with E-state index < -0.39 is 125 Å². The Balaban J connectivity index is 0.000000232. The van der Waals surface area contributed by atoms with Crippen molar-refractivity contribution in [1.29, 1.82) is 0 Å². The number of halogens is 4. The van der Waals surface area contributed by atoms with Gasteiger partial charge in [-0.15, -0.1) is 0 Å². The van der Waals surface area contributed by atoms with E-state index in [9.17, 15) is 28.8 Å². The Morgan fingerprint density at radius 1 is 0.587 bits per heavy atom. The molecule has 11 rings (SSSR count). The number of nitrogens with one attached hydrogen (secondary N) is 2. The zero-order valence-electron chi connectivity index (χ0n) is 54.3. The first-order valence-corrected chi connectivity index (χ1v) is 31.9. The zero-order valence-corrected chi connectivity index (χ0v) is 57.1. The van der Waals surface area contributed by atoms with Gasteiger partial charge in [-0.25, -0.2) is 32.1 Å². The predicted molar refractivity (Wildman–Crippen MR) is 326 cm³/mol. The molecule has 500 valence electrons. The minimum absolute atomic E-state index is 0. The third-order valence-electron chi connectivity index (χ3n) is 20.2. The molecular formula is C68H86F4N6O12V2-2. The molecule has 4 amide bonds. The summed E-state index contributed by atoms with van der Waals surface area (Å²) in [5.74, 6) is -6.85. The van der Waals surface area contributed by atoms with Crippen LogP contribution in [-0.4, -0.2) is 132 Å². The van der Waals surface area contributed by atoms with Crippen molar-refractivity contribution in [3.8, 4) is 23.0 Å².